The maximum atomic E-state index is 11.8. The molecule has 7 heteroatoms. The molecule has 1 amide bonds. The fourth-order valence-electron chi connectivity index (χ4n) is 3.84. The molecule has 0 bridgehead atoms. The Morgan fingerprint density at radius 3 is 1.88 bits per heavy atom. The van der Waals surface area contributed by atoms with E-state index >= 15 is 0 Å². The Labute approximate surface area is 194 Å². The van der Waals surface area contributed by atoms with Gasteiger partial charge in [0.2, 0.25) is 5.91 Å². The quantitative estimate of drug-likeness (QED) is 0.206. The number of aliphatic hydroxyl groups excluding tert-OH is 1. The number of carbonyl (C=O) groups is 3. The fraction of sp³-hybridized carbons (Fsp3) is 0.880. The number of ether oxygens (including phenoxy) is 2. The van der Waals surface area contributed by atoms with Crippen molar-refractivity contribution in [2.45, 2.75) is 128 Å². The molecular formula is C25H45NO6. The van der Waals surface area contributed by atoms with E-state index in [9.17, 15) is 19.5 Å². The molecule has 0 saturated carbocycles. The average molecular weight is 456 g/mol. The van der Waals surface area contributed by atoms with Crippen LogP contribution in [-0.4, -0.2) is 48.3 Å². The first-order chi connectivity index (χ1) is 15.5. The predicted octanol–water partition coefficient (Wildman–Crippen LogP) is 4.58. The summed E-state index contributed by atoms with van der Waals surface area (Å²) in [5.41, 5.74) is 0. The Balaban J connectivity index is 1.85. The summed E-state index contributed by atoms with van der Waals surface area (Å²) in [7, 11) is 0. The molecule has 1 aliphatic rings. The third kappa shape index (κ3) is 15.2. The van der Waals surface area contributed by atoms with Gasteiger partial charge in [0.05, 0.1) is 0 Å². The third-order valence-electron chi connectivity index (χ3n) is 5.87. The second kappa shape index (κ2) is 18.9. The highest BCUT2D eigenvalue weighted by molar-refractivity contribution is 5.88. The van der Waals surface area contributed by atoms with Gasteiger partial charge in [0, 0.05) is 12.8 Å². The van der Waals surface area contributed by atoms with Crippen molar-refractivity contribution >= 4 is 17.8 Å². The summed E-state index contributed by atoms with van der Waals surface area (Å²) in [6.45, 7) is 1.81. The van der Waals surface area contributed by atoms with Crippen molar-refractivity contribution in [3.63, 3.8) is 0 Å². The highest BCUT2D eigenvalue weighted by atomic mass is 16.6. The van der Waals surface area contributed by atoms with Gasteiger partial charge in [-0.05, 0) is 12.8 Å². The maximum absolute atomic E-state index is 11.8. The number of hydrogen-bond acceptors (Lipinski definition) is 6. The average Bonchev–Trinajstić information content (AvgIpc) is 3.22. The summed E-state index contributed by atoms with van der Waals surface area (Å²) in [5, 5.41) is 12.3. The molecule has 0 aromatic carbocycles. The molecule has 0 aromatic rings. The van der Waals surface area contributed by atoms with Crippen LogP contribution in [0.2, 0.25) is 0 Å². The van der Waals surface area contributed by atoms with Crippen molar-refractivity contribution in [2.75, 3.05) is 13.2 Å². The zero-order chi connectivity index (χ0) is 23.4. The van der Waals surface area contributed by atoms with Crippen LogP contribution in [0.15, 0.2) is 0 Å². The number of amides is 1. The minimum atomic E-state index is -1.06. The van der Waals surface area contributed by atoms with Gasteiger partial charge in [-0.2, -0.15) is 0 Å². The molecular weight excluding hydrogens is 410 g/mol. The number of nitrogens with one attached hydrogen (secondary N) is 1. The largest absolute Gasteiger partial charge is 0.463 e. The van der Waals surface area contributed by atoms with E-state index in [1.807, 2.05) is 0 Å². The van der Waals surface area contributed by atoms with Gasteiger partial charge >= 0.3 is 11.9 Å². The van der Waals surface area contributed by atoms with Gasteiger partial charge in [0.1, 0.15) is 25.4 Å². The highest BCUT2D eigenvalue weighted by Gasteiger charge is 2.28. The van der Waals surface area contributed by atoms with Gasteiger partial charge in [0.15, 0.2) is 0 Å². The molecule has 0 radical (unpaired) electrons. The number of hydrogen-bond donors (Lipinski definition) is 2. The lowest BCUT2D eigenvalue weighted by molar-refractivity contribution is -0.154. The lowest BCUT2D eigenvalue weighted by Gasteiger charge is -2.14. The van der Waals surface area contributed by atoms with E-state index in [-0.39, 0.29) is 25.1 Å². The number of aliphatic hydroxyl groups is 1. The van der Waals surface area contributed by atoms with Gasteiger partial charge in [0.25, 0.3) is 0 Å². The standard InChI is InChI=1S/C25H45NO6/c1-2-3-4-5-6-7-8-9-10-11-12-13-14-15-16-24(29)31-19-21(27)20-32-25(30)22-17-18-23(28)26-22/h21-22,27H,2-20H2,1H3,(H,26,28)/t21?,22-/m0/s1. The molecule has 1 fully saturated rings. The van der Waals surface area contributed by atoms with Crippen LogP contribution in [0.25, 0.3) is 0 Å². The van der Waals surface area contributed by atoms with Gasteiger partial charge in [-0.1, -0.05) is 90.4 Å². The van der Waals surface area contributed by atoms with Gasteiger partial charge in [-0.15, -0.1) is 0 Å². The molecule has 186 valence electrons. The highest BCUT2D eigenvalue weighted by Crippen LogP contribution is 2.13. The Morgan fingerprint density at radius 2 is 1.38 bits per heavy atom. The summed E-state index contributed by atoms with van der Waals surface area (Å²) >= 11 is 0. The smallest absolute Gasteiger partial charge is 0.328 e. The topological polar surface area (TPSA) is 102 Å². The molecule has 32 heavy (non-hydrogen) atoms. The van der Waals surface area contributed by atoms with Crippen LogP contribution in [0.5, 0.6) is 0 Å². The SMILES string of the molecule is CCCCCCCCCCCCCCCCC(=O)OCC(O)COC(=O)[C@@H]1CCC(=O)N1. The second-order valence-corrected chi connectivity index (χ2v) is 8.97. The van der Waals surface area contributed by atoms with Gasteiger partial charge in [-0.25, -0.2) is 4.79 Å². The molecule has 0 spiro atoms. The van der Waals surface area contributed by atoms with E-state index < -0.39 is 18.1 Å². The molecule has 1 aliphatic heterocycles. The van der Waals surface area contributed by atoms with Crippen molar-refractivity contribution in [2.24, 2.45) is 0 Å². The Bertz CT molecular complexity index is 525. The summed E-state index contributed by atoms with van der Waals surface area (Å²) in [6, 6.07) is -0.641. The molecule has 1 unspecified atom stereocenters. The van der Waals surface area contributed by atoms with Crippen molar-refractivity contribution in [3.8, 4) is 0 Å². The zero-order valence-corrected chi connectivity index (χ0v) is 20.1. The minimum absolute atomic E-state index is 0.176. The summed E-state index contributed by atoms with van der Waals surface area (Å²) in [4.78, 5) is 34.6. The lowest BCUT2D eigenvalue weighted by atomic mass is 10.0. The number of esters is 2. The van der Waals surface area contributed by atoms with E-state index in [2.05, 4.69) is 12.2 Å². The predicted molar refractivity (Wildman–Crippen MR) is 124 cm³/mol. The van der Waals surface area contributed by atoms with Crippen LogP contribution >= 0.6 is 0 Å². The monoisotopic (exact) mass is 455 g/mol. The molecule has 1 heterocycles. The Kier molecular flexibility index (Phi) is 16.8. The van der Waals surface area contributed by atoms with Crippen molar-refractivity contribution in [1.82, 2.24) is 5.32 Å². The third-order valence-corrected chi connectivity index (χ3v) is 5.87. The van der Waals surface area contributed by atoms with Crippen LogP contribution in [0.3, 0.4) is 0 Å². The lowest BCUT2D eigenvalue weighted by Crippen LogP contribution is -2.36. The first-order valence-corrected chi connectivity index (χ1v) is 12.8. The molecule has 1 rings (SSSR count). The molecule has 0 aromatic heterocycles. The minimum Gasteiger partial charge on any atom is -0.463 e. The summed E-state index contributed by atoms with van der Waals surface area (Å²) in [5.74, 6) is -1.08. The zero-order valence-electron chi connectivity index (χ0n) is 20.1. The number of unbranched alkanes of at least 4 members (excludes halogenated alkanes) is 13. The molecule has 1 saturated heterocycles. The van der Waals surface area contributed by atoms with E-state index in [0.29, 0.717) is 19.3 Å². The van der Waals surface area contributed by atoms with Crippen molar-refractivity contribution in [1.29, 1.82) is 0 Å². The first kappa shape index (κ1) is 28.4. The fourth-order valence-corrected chi connectivity index (χ4v) is 3.84. The number of rotatable bonds is 20. The van der Waals surface area contributed by atoms with Crippen LogP contribution in [0.4, 0.5) is 0 Å². The molecule has 2 atom stereocenters. The normalized spacial score (nSPS) is 16.6. The van der Waals surface area contributed by atoms with Crippen LogP contribution < -0.4 is 5.32 Å². The first-order valence-electron chi connectivity index (χ1n) is 12.8. The summed E-state index contributed by atoms with van der Waals surface area (Å²) < 4.78 is 10.0. The van der Waals surface area contributed by atoms with E-state index in [4.69, 9.17) is 9.47 Å². The van der Waals surface area contributed by atoms with Crippen LogP contribution in [-0.2, 0) is 23.9 Å². The molecule has 7 nitrogen and oxygen atoms in total. The molecule has 0 aliphatic carbocycles. The van der Waals surface area contributed by atoms with E-state index in [1.54, 1.807) is 0 Å². The number of carbonyl (C=O) groups excluding carboxylic acids is 3. The second-order valence-electron chi connectivity index (χ2n) is 8.97. The maximum Gasteiger partial charge on any atom is 0.328 e. The summed E-state index contributed by atoms with van der Waals surface area (Å²) in [6.07, 6.45) is 17.7. The van der Waals surface area contributed by atoms with Gasteiger partial charge < -0.3 is 19.9 Å². The van der Waals surface area contributed by atoms with E-state index in [0.717, 1.165) is 19.3 Å². The Morgan fingerprint density at radius 1 is 0.875 bits per heavy atom. The van der Waals surface area contributed by atoms with Crippen LogP contribution in [0, 0.1) is 0 Å². The van der Waals surface area contributed by atoms with Gasteiger partial charge in [-0.3, -0.25) is 9.59 Å². The molecule has 2 N–H and O–H groups in total. The van der Waals surface area contributed by atoms with Crippen molar-refractivity contribution in [3.05, 3.63) is 0 Å². The van der Waals surface area contributed by atoms with Crippen LogP contribution in [0.1, 0.15) is 116 Å². The Hall–Kier alpha value is -1.63. The van der Waals surface area contributed by atoms with E-state index in [1.165, 1.54) is 70.6 Å². The van der Waals surface area contributed by atoms with Crippen molar-refractivity contribution < 1.29 is 29.0 Å².